The molecule has 80 valence electrons. The lowest BCUT2D eigenvalue weighted by molar-refractivity contribution is 1.49. The Morgan fingerprint density at radius 2 is 1.00 bits per heavy atom. The van der Waals surface area contributed by atoms with Crippen molar-refractivity contribution >= 4 is 26.0 Å². The van der Waals surface area contributed by atoms with Crippen LogP contribution in [0.1, 0.15) is 11.1 Å². The van der Waals surface area contributed by atoms with Gasteiger partial charge >= 0.3 is 7.57 Å². The van der Waals surface area contributed by atoms with Crippen molar-refractivity contribution in [2.24, 2.45) is 0 Å². The van der Waals surface area contributed by atoms with Gasteiger partial charge in [-0.25, -0.2) is 0 Å². The molecule has 0 spiro atoms. The van der Waals surface area contributed by atoms with Gasteiger partial charge in [0.15, 0.2) is 0 Å². The minimum Gasteiger partial charge on any atom is -0.0555 e. The van der Waals surface area contributed by atoms with Crippen LogP contribution < -0.4 is 10.6 Å². The van der Waals surface area contributed by atoms with E-state index in [1.54, 1.807) is 0 Å². The van der Waals surface area contributed by atoms with Gasteiger partial charge < -0.3 is 0 Å². The van der Waals surface area contributed by atoms with Crippen LogP contribution in [0.3, 0.4) is 0 Å². The molecule has 0 aliphatic rings. The Hall–Kier alpha value is -1.07. The highest BCUT2D eigenvalue weighted by Crippen LogP contribution is 2.27. The molecule has 0 aliphatic carbocycles. The van der Waals surface area contributed by atoms with E-state index in [-0.39, 0.29) is 0 Å². The zero-order valence-corrected chi connectivity index (χ0v) is 11.1. The van der Waals surface area contributed by atoms with Crippen LogP contribution in [-0.4, -0.2) is 7.57 Å². The first-order valence-electron chi connectivity index (χ1n) is 5.64. The highest BCUT2D eigenvalue weighted by atomic mass is 31.1. The van der Waals surface area contributed by atoms with Crippen molar-refractivity contribution in [3.63, 3.8) is 0 Å². The van der Waals surface area contributed by atoms with E-state index in [4.69, 9.17) is 0 Å². The molecule has 2 heteroatoms. The fourth-order valence-electron chi connectivity index (χ4n) is 1.77. The molecule has 0 atom stereocenters. The zero-order chi connectivity index (χ0) is 11.5. The third-order valence-corrected chi connectivity index (χ3v) is 5.37. The summed E-state index contributed by atoms with van der Waals surface area (Å²) in [5, 5.41) is 2.97. The van der Waals surface area contributed by atoms with Gasteiger partial charge in [-0.1, -0.05) is 35.4 Å². The van der Waals surface area contributed by atoms with Gasteiger partial charge in [0.25, 0.3) is 0 Å². The van der Waals surface area contributed by atoms with Crippen molar-refractivity contribution in [3.8, 4) is 0 Å². The smallest absolute Gasteiger partial charge is 0.0555 e. The monoisotopic (exact) mass is 227 g/mol. The Morgan fingerprint density at radius 1 is 0.688 bits per heavy atom. The van der Waals surface area contributed by atoms with Gasteiger partial charge in [0.1, 0.15) is 0 Å². The molecule has 0 fully saturated rings. The molecule has 0 saturated heterocycles. The van der Waals surface area contributed by atoms with E-state index in [0.717, 1.165) is 0 Å². The molecule has 0 aliphatic heterocycles. The predicted molar refractivity (Wildman–Crippen MR) is 78.5 cm³/mol. The standard InChI is InChI=1S/C14H16BP/c1-11-3-7-13(8-4-11)16(15)14-9-5-12(2)6-10-14/h3-10H,15H2,1-2H3/p+1. The van der Waals surface area contributed by atoms with Crippen molar-refractivity contribution in [3.05, 3.63) is 59.7 Å². The van der Waals surface area contributed by atoms with Crippen molar-refractivity contribution in [1.82, 2.24) is 0 Å². The van der Waals surface area contributed by atoms with E-state index in [0.29, 0.717) is 0 Å². The second-order valence-corrected chi connectivity index (χ2v) is 6.76. The van der Waals surface area contributed by atoms with Gasteiger partial charge in [0.2, 0.25) is 0 Å². The first kappa shape index (κ1) is 11.4. The summed E-state index contributed by atoms with van der Waals surface area (Å²) in [5.41, 5.74) is 2.67. The lowest BCUT2D eigenvalue weighted by Gasteiger charge is -2.06. The Bertz CT molecular complexity index is 414. The normalized spacial score (nSPS) is 10.7. The maximum Gasteiger partial charge on any atom is 0.315 e. The number of rotatable bonds is 2. The molecule has 2 aromatic rings. The summed E-state index contributed by atoms with van der Waals surface area (Å²) in [6.45, 7) is 4.27. The molecule has 16 heavy (non-hydrogen) atoms. The Labute approximate surface area is 99.8 Å². The van der Waals surface area contributed by atoms with Crippen molar-refractivity contribution in [2.75, 3.05) is 0 Å². The molecule has 2 rings (SSSR count). The average Bonchev–Trinajstić information content (AvgIpc) is 2.30. The number of benzene rings is 2. The minimum absolute atomic E-state index is 0.578. The van der Waals surface area contributed by atoms with Crippen LogP contribution in [0.5, 0.6) is 0 Å². The van der Waals surface area contributed by atoms with Gasteiger partial charge in [-0.2, -0.15) is 0 Å². The number of hydrogen-bond acceptors (Lipinski definition) is 0. The largest absolute Gasteiger partial charge is 0.315 e. The van der Waals surface area contributed by atoms with Crippen molar-refractivity contribution in [1.29, 1.82) is 0 Å². The van der Waals surface area contributed by atoms with Crippen LogP contribution in [0.15, 0.2) is 48.5 Å². The third kappa shape index (κ3) is 2.54. The van der Waals surface area contributed by atoms with Crippen molar-refractivity contribution < 1.29 is 0 Å². The van der Waals surface area contributed by atoms with E-state index >= 15 is 0 Å². The zero-order valence-electron chi connectivity index (χ0n) is 10.1. The summed E-state index contributed by atoms with van der Waals surface area (Å²) in [5.74, 6) is 0. The second-order valence-electron chi connectivity index (χ2n) is 4.36. The molecule has 0 amide bonds. The molecule has 0 aromatic heterocycles. The highest BCUT2D eigenvalue weighted by Gasteiger charge is 2.15. The topological polar surface area (TPSA) is 0 Å². The molecule has 2 aromatic carbocycles. The molecule has 0 saturated carbocycles. The summed E-state index contributed by atoms with van der Waals surface area (Å²) in [4.78, 5) is 0. The van der Waals surface area contributed by atoms with E-state index < -0.39 is 7.80 Å². The molecule has 0 bridgehead atoms. The minimum atomic E-state index is -0.578. The summed E-state index contributed by atoms with van der Waals surface area (Å²) in [6.07, 6.45) is 0. The Kier molecular flexibility index (Phi) is 3.46. The van der Waals surface area contributed by atoms with E-state index in [2.05, 4.69) is 69.9 Å². The molecule has 0 radical (unpaired) electrons. The highest BCUT2D eigenvalue weighted by molar-refractivity contribution is 7.94. The molecule has 0 heterocycles. The number of aryl methyl sites for hydroxylation is 2. The van der Waals surface area contributed by atoms with Gasteiger partial charge in [-0.3, -0.25) is 0 Å². The summed E-state index contributed by atoms with van der Waals surface area (Å²) >= 11 is 0. The van der Waals surface area contributed by atoms with Crippen LogP contribution in [0, 0.1) is 13.8 Å². The molecular weight excluding hydrogens is 210 g/mol. The van der Waals surface area contributed by atoms with Crippen LogP contribution in [0.4, 0.5) is 0 Å². The summed E-state index contributed by atoms with van der Waals surface area (Å²) in [7, 11) is 1.78. The Balaban J connectivity index is 2.28. The first-order chi connectivity index (χ1) is 7.66. The fourth-order valence-corrected chi connectivity index (χ4v) is 3.44. The van der Waals surface area contributed by atoms with Crippen LogP contribution in [-0.2, 0) is 0 Å². The van der Waals surface area contributed by atoms with E-state index in [1.807, 2.05) is 0 Å². The second kappa shape index (κ2) is 4.85. The molecular formula is C14H17BP+. The summed E-state index contributed by atoms with van der Waals surface area (Å²) < 4.78 is 0. The summed E-state index contributed by atoms with van der Waals surface area (Å²) in [6, 6.07) is 17.9. The molecule has 0 N–H and O–H groups in total. The van der Waals surface area contributed by atoms with E-state index in [1.165, 1.54) is 21.7 Å². The maximum atomic E-state index is 2.36. The molecule has 0 nitrogen and oxygen atoms in total. The number of hydrogen-bond donors (Lipinski definition) is 0. The predicted octanol–water partition coefficient (Wildman–Crippen LogP) is 2.02. The van der Waals surface area contributed by atoms with Crippen LogP contribution in [0.2, 0.25) is 0 Å². The molecule has 0 unspecified atom stereocenters. The quantitative estimate of drug-likeness (QED) is 0.543. The van der Waals surface area contributed by atoms with E-state index in [9.17, 15) is 0 Å². The van der Waals surface area contributed by atoms with Crippen molar-refractivity contribution in [2.45, 2.75) is 13.8 Å². The van der Waals surface area contributed by atoms with Crippen LogP contribution in [0.25, 0.3) is 0 Å². The first-order valence-corrected chi connectivity index (χ1v) is 7.64. The van der Waals surface area contributed by atoms with Crippen LogP contribution >= 0.6 is 7.80 Å². The fraction of sp³-hybridized carbons (Fsp3) is 0.143. The lowest BCUT2D eigenvalue weighted by atomic mass is 10.2. The van der Waals surface area contributed by atoms with Gasteiger partial charge in [-0.15, -0.1) is 0 Å². The lowest BCUT2D eigenvalue weighted by Crippen LogP contribution is -2.11. The van der Waals surface area contributed by atoms with Gasteiger partial charge in [0, 0.05) is 7.80 Å². The van der Waals surface area contributed by atoms with Gasteiger partial charge in [0.05, 0.1) is 10.6 Å². The maximum absolute atomic E-state index is 2.36. The Morgan fingerprint density at radius 3 is 1.31 bits per heavy atom. The van der Waals surface area contributed by atoms with Gasteiger partial charge in [-0.05, 0) is 38.1 Å². The SMILES string of the molecule is B[PH+](c1ccc(C)cc1)c1ccc(C)cc1. The average molecular weight is 227 g/mol. The third-order valence-electron chi connectivity index (χ3n) is 2.97.